The van der Waals surface area contributed by atoms with E-state index >= 15 is 0 Å². The normalized spacial score (nSPS) is 19.1. The fourth-order valence-electron chi connectivity index (χ4n) is 2.35. The standard InChI is InChI=1S/C13H14BrN3/c14-10-3-1-2-9(6-10)13-16-8-12-7-11(15)4-5-17(12)13/h1-3,6,8,11H,4-5,7,15H2. The number of benzene rings is 1. The van der Waals surface area contributed by atoms with E-state index in [1.54, 1.807) is 0 Å². The number of nitrogens with two attached hydrogens (primary N) is 1. The Morgan fingerprint density at radius 1 is 1.41 bits per heavy atom. The Hall–Kier alpha value is -1.13. The minimum Gasteiger partial charge on any atom is -0.328 e. The first-order valence-corrected chi connectivity index (χ1v) is 6.59. The van der Waals surface area contributed by atoms with Crippen LogP contribution in [-0.4, -0.2) is 15.6 Å². The van der Waals surface area contributed by atoms with E-state index in [1.165, 1.54) is 5.69 Å². The smallest absolute Gasteiger partial charge is 0.140 e. The monoisotopic (exact) mass is 291 g/mol. The van der Waals surface area contributed by atoms with Gasteiger partial charge in [-0.05, 0) is 18.6 Å². The summed E-state index contributed by atoms with van der Waals surface area (Å²) in [5.41, 5.74) is 8.38. The van der Waals surface area contributed by atoms with Gasteiger partial charge < -0.3 is 10.3 Å². The Balaban J connectivity index is 2.05. The molecule has 4 heteroatoms. The number of hydrogen-bond donors (Lipinski definition) is 1. The van der Waals surface area contributed by atoms with Crippen LogP contribution in [0.3, 0.4) is 0 Å². The first kappa shape index (κ1) is 11.0. The molecule has 0 bridgehead atoms. The first-order chi connectivity index (χ1) is 8.24. The van der Waals surface area contributed by atoms with Gasteiger partial charge in [0.25, 0.3) is 0 Å². The first-order valence-electron chi connectivity index (χ1n) is 5.80. The van der Waals surface area contributed by atoms with Gasteiger partial charge in [0.05, 0.1) is 0 Å². The average Bonchev–Trinajstić information content (AvgIpc) is 2.71. The molecule has 17 heavy (non-hydrogen) atoms. The maximum Gasteiger partial charge on any atom is 0.140 e. The van der Waals surface area contributed by atoms with Crippen LogP contribution >= 0.6 is 15.9 Å². The van der Waals surface area contributed by atoms with Gasteiger partial charge in [-0.2, -0.15) is 0 Å². The van der Waals surface area contributed by atoms with Gasteiger partial charge in [0.15, 0.2) is 0 Å². The Kier molecular flexibility index (Phi) is 2.76. The maximum absolute atomic E-state index is 5.97. The van der Waals surface area contributed by atoms with Crippen LogP contribution in [-0.2, 0) is 13.0 Å². The molecular formula is C13H14BrN3. The summed E-state index contributed by atoms with van der Waals surface area (Å²) in [7, 11) is 0. The van der Waals surface area contributed by atoms with Crippen molar-refractivity contribution in [2.75, 3.05) is 0 Å². The Morgan fingerprint density at radius 2 is 2.29 bits per heavy atom. The minimum absolute atomic E-state index is 0.287. The number of rotatable bonds is 1. The summed E-state index contributed by atoms with van der Waals surface area (Å²) in [6, 6.07) is 8.54. The summed E-state index contributed by atoms with van der Waals surface area (Å²) in [4.78, 5) is 4.53. The van der Waals surface area contributed by atoms with Gasteiger partial charge in [-0.25, -0.2) is 4.98 Å². The summed E-state index contributed by atoms with van der Waals surface area (Å²) < 4.78 is 3.37. The van der Waals surface area contributed by atoms with E-state index in [4.69, 9.17) is 5.73 Å². The van der Waals surface area contributed by atoms with Crippen molar-refractivity contribution in [2.24, 2.45) is 5.73 Å². The molecule has 0 saturated heterocycles. The molecular weight excluding hydrogens is 278 g/mol. The zero-order valence-electron chi connectivity index (χ0n) is 9.44. The van der Waals surface area contributed by atoms with Gasteiger partial charge in [-0.15, -0.1) is 0 Å². The van der Waals surface area contributed by atoms with Gasteiger partial charge in [-0.3, -0.25) is 0 Å². The fraction of sp³-hybridized carbons (Fsp3) is 0.308. The molecule has 0 fully saturated rings. The summed E-state index contributed by atoms with van der Waals surface area (Å²) in [5.74, 6) is 1.05. The summed E-state index contributed by atoms with van der Waals surface area (Å²) in [6.45, 7) is 0.971. The number of fused-ring (bicyclic) bond motifs is 1. The summed E-state index contributed by atoms with van der Waals surface area (Å²) in [5, 5.41) is 0. The highest BCUT2D eigenvalue weighted by molar-refractivity contribution is 9.10. The van der Waals surface area contributed by atoms with Crippen LogP contribution < -0.4 is 5.73 Å². The lowest BCUT2D eigenvalue weighted by Gasteiger charge is -2.21. The molecule has 1 aromatic carbocycles. The van der Waals surface area contributed by atoms with E-state index in [0.717, 1.165) is 35.2 Å². The van der Waals surface area contributed by atoms with Crippen LogP contribution in [0.2, 0.25) is 0 Å². The molecule has 1 aromatic heterocycles. The average molecular weight is 292 g/mol. The number of hydrogen-bond acceptors (Lipinski definition) is 2. The molecule has 0 radical (unpaired) electrons. The number of halogens is 1. The zero-order chi connectivity index (χ0) is 11.8. The van der Waals surface area contributed by atoms with Crippen LogP contribution in [0.1, 0.15) is 12.1 Å². The topological polar surface area (TPSA) is 43.8 Å². The van der Waals surface area contributed by atoms with Crippen LogP contribution in [0.4, 0.5) is 0 Å². The third kappa shape index (κ3) is 2.03. The largest absolute Gasteiger partial charge is 0.328 e. The molecule has 2 aromatic rings. The highest BCUT2D eigenvalue weighted by atomic mass is 79.9. The third-order valence-corrected chi connectivity index (χ3v) is 3.71. The van der Waals surface area contributed by atoms with Crippen molar-refractivity contribution in [1.82, 2.24) is 9.55 Å². The fourth-order valence-corrected chi connectivity index (χ4v) is 2.75. The molecule has 2 heterocycles. The van der Waals surface area contributed by atoms with Crippen molar-refractivity contribution in [3.8, 4) is 11.4 Å². The number of nitrogens with zero attached hydrogens (tertiary/aromatic N) is 2. The van der Waals surface area contributed by atoms with E-state index in [9.17, 15) is 0 Å². The van der Waals surface area contributed by atoms with Crippen LogP contribution in [0.5, 0.6) is 0 Å². The van der Waals surface area contributed by atoms with Gasteiger partial charge in [-0.1, -0.05) is 28.1 Å². The van der Waals surface area contributed by atoms with E-state index in [2.05, 4.69) is 37.6 Å². The molecule has 1 aliphatic heterocycles. The molecule has 0 saturated carbocycles. The van der Waals surface area contributed by atoms with Crippen LogP contribution in [0.15, 0.2) is 34.9 Å². The molecule has 0 amide bonds. The maximum atomic E-state index is 5.97. The van der Waals surface area contributed by atoms with Gasteiger partial charge in [0.1, 0.15) is 5.82 Å². The van der Waals surface area contributed by atoms with Crippen molar-refractivity contribution >= 4 is 15.9 Å². The highest BCUT2D eigenvalue weighted by Crippen LogP contribution is 2.26. The second-order valence-electron chi connectivity index (χ2n) is 4.49. The van der Waals surface area contributed by atoms with Gasteiger partial charge in [0.2, 0.25) is 0 Å². The molecule has 1 atom stereocenters. The molecule has 1 unspecified atom stereocenters. The van der Waals surface area contributed by atoms with Crippen molar-refractivity contribution in [1.29, 1.82) is 0 Å². The summed E-state index contributed by atoms with van der Waals surface area (Å²) in [6.07, 6.45) is 3.92. The molecule has 3 rings (SSSR count). The van der Waals surface area contributed by atoms with Gasteiger partial charge >= 0.3 is 0 Å². The Morgan fingerprint density at radius 3 is 3.12 bits per heavy atom. The van der Waals surface area contributed by atoms with Crippen molar-refractivity contribution in [3.05, 3.63) is 40.6 Å². The van der Waals surface area contributed by atoms with Crippen LogP contribution in [0, 0.1) is 0 Å². The van der Waals surface area contributed by atoms with Crippen LogP contribution in [0.25, 0.3) is 11.4 Å². The molecule has 2 N–H and O–H groups in total. The predicted octanol–water partition coefficient (Wildman–Crippen LogP) is 2.59. The lowest BCUT2D eigenvalue weighted by molar-refractivity contribution is 0.474. The SMILES string of the molecule is NC1CCn2c(cnc2-c2cccc(Br)c2)C1. The highest BCUT2D eigenvalue weighted by Gasteiger charge is 2.19. The zero-order valence-corrected chi connectivity index (χ0v) is 11.0. The molecule has 3 nitrogen and oxygen atoms in total. The second kappa shape index (κ2) is 4.27. The lowest BCUT2D eigenvalue weighted by atomic mass is 10.1. The molecule has 1 aliphatic rings. The Labute approximate surface area is 109 Å². The lowest BCUT2D eigenvalue weighted by Crippen LogP contribution is -2.30. The van der Waals surface area contributed by atoms with Crippen molar-refractivity contribution in [2.45, 2.75) is 25.4 Å². The second-order valence-corrected chi connectivity index (χ2v) is 5.40. The van der Waals surface area contributed by atoms with E-state index < -0.39 is 0 Å². The van der Waals surface area contributed by atoms with Crippen molar-refractivity contribution in [3.63, 3.8) is 0 Å². The number of imidazole rings is 1. The Bertz CT molecular complexity index is 547. The van der Waals surface area contributed by atoms with Crippen molar-refractivity contribution < 1.29 is 0 Å². The predicted molar refractivity (Wildman–Crippen MR) is 71.7 cm³/mol. The molecule has 88 valence electrons. The van der Waals surface area contributed by atoms with E-state index in [-0.39, 0.29) is 6.04 Å². The molecule has 0 spiro atoms. The van der Waals surface area contributed by atoms with E-state index in [1.807, 2.05) is 18.3 Å². The molecule has 0 aliphatic carbocycles. The minimum atomic E-state index is 0.287. The quantitative estimate of drug-likeness (QED) is 0.878. The number of aromatic nitrogens is 2. The van der Waals surface area contributed by atoms with Gasteiger partial charge in [0, 0.05) is 40.9 Å². The van der Waals surface area contributed by atoms with E-state index in [0.29, 0.717) is 0 Å². The summed E-state index contributed by atoms with van der Waals surface area (Å²) >= 11 is 3.50. The third-order valence-electron chi connectivity index (χ3n) is 3.22.